The zero-order valence-electron chi connectivity index (χ0n) is 13.9. The van der Waals surface area contributed by atoms with Crippen molar-refractivity contribution in [3.63, 3.8) is 0 Å². The maximum Gasteiger partial charge on any atom is 0.335 e. The van der Waals surface area contributed by atoms with Gasteiger partial charge in [0.2, 0.25) is 0 Å². The Morgan fingerprint density at radius 3 is 2.38 bits per heavy atom. The Balaban J connectivity index is 2.05. The first-order chi connectivity index (χ1) is 12.3. The van der Waals surface area contributed by atoms with Crippen LogP contribution in [0.25, 0.3) is 5.57 Å². The second-order valence-electron chi connectivity index (χ2n) is 5.78. The van der Waals surface area contributed by atoms with Crippen LogP contribution < -0.4 is 4.90 Å². The van der Waals surface area contributed by atoms with Crippen molar-refractivity contribution in [2.75, 3.05) is 4.90 Å². The number of amides is 1. The number of hydrogen-bond acceptors (Lipinski definition) is 4. The standard InChI is InChI=1S/C19H14BrNO3S2/c1-10-3-4-13(18(23)24)9-15(10)21-17(22)16(26-19(21)25)11(2)12-5-7-14(20)8-6-12/h3-9H,1-2H3,(H,23,24)/b16-11-. The molecular weight excluding hydrogens is 434 g/mol. The number of benzene rings is 2. The molecule has 4 nitrogen and oxygen atoms in total. The fourth-order valence-electron chi connectivity index (χ4n) is 2.62. The summed E-state index contributed by atoms with van der Waals surface area (Å²) >= 11 is 10.0. The molecule has 0 atom stereocenters. The van der Waals surface area contributed by atoms with Crippen molar-refractivity contribution in [3.8, 4) is 0 Å². The number of aromatic carboxylic acids is 1. The molecule has 0 unspecified atom stereocenters. The Labute approximate surface area is 169 Å². The number of carbonyl (C=O) groups is 2. The second-order valence-corrected chi connectivity index (χ2v) is 8.34. The normalized spacial score (nSPS) is 16.2. The average Bonchev–Trinajstić information content (AvgIpc) is 2.90. The molecule has 0 bridgehead atoms. The van der Waals surface area contributed by atoms with Gasteiger partial charge in [-0.2, -0.15) is 0 Å². The molecule has 3 rings (SSSR count). The van der Waals surface area contributed by atoms with Gasteiger partial charge in [-0.15, -0.1) is 0 Å². The fraction of sp³-hybridized carbons (Fsp3) is 0.105. The third kappa shape index (κ3) is 3.47. The van der Waals surface area contributed by atoms with Crippen LogP contribution in [0.1, 0.15) is 28.4 Å². The van der Waals surface area contributed by atoms with E-state index in [4.69, 9.17) is 12.2 Å². The molecule has 0 spiro atoms. The Morgan fingerprint density at radius 1 is 1.15 bits per heavy atom. The predicted octanol–water partition coefficient (Wildman–Crippen LogP) is 5.25. The van der Waals surface area contributed by atoms with Crippen molar-refractivity contribution < 1.29 is 14.7 Å². The number of rotatable bonds is 3. The minimum absolute atomic E-state index is 0.119. The molecule has 0 saturated carbocycles. The Hall–Kier alpha value is -1.96. The topological polar surface area (TPSA) is 57.6 Å². The van der Waals surface area contributed by atoms with Gasteiger partial charge in [0.25, 0.3) is 5.91 Å². The fourth-order valence-corrected chi connectivity index (χ4v) is 4.21. The van der Waals surface area contributed by atoms with E-state index in [-0.39, 0.29) is 11.5 Å². The van der Waals surface area contributed by atoms with Crippen LogP contribution in [0.3, 0.4) is 0 Å². The number of thiocarbonyl (C=S) groups is 1. The Bertz CT molecular complexity index is 967. The molecule has 132 valence electrons. The largest absolute Gasteiger partial charge is 0.478 e. The summed E-state index contributed by atoms with van der Waals surface area (Å²) in [6.07, 6.45) is 0. The molecule has 1 saturated heterocycles. The summed E-state index contributed by atoms with van der Waals surface area (Å²) in [6, 6.07) is 12.4. The third-order valence-corrected chi connectivity index (χ3v) is 6.09. The molecular formula is C19H14BrNO3S2. The van der Waals surface area contributed by atoms with Crippen molar-refractivity contribution in [2.45, 2.75) is 13.8 Å². The van der Waals surface area contributed by atoms with Crippen molar-refractivity contribution >= 4 is 67.4 Å². The van der Waals surface area contributed by atoms with E-state index in [1.165, 1.54) is 28.8 Å². The minimum Gasteiger partial charge on any atom is -0.478 e. The number of hydrogen-bond donors (Lipinski definition) is 1. The van der Waals surface area contributed by atoms with Gasteiger partial charge in [0.1, 0.15) is 0 Å². The highest BCUT2D eigenvalue weighted by Gasteiger charge is 2.35. The smallest absolute Gasteiger partial charge is 0.335 e. The molecule has 2 aromatic rings. The summed E-state index contributed by atoms with van der Waals surface area (Å²) in [6.45, 7) is 3.71. The highest BCUT2D eigenvalue weighted by Crippen LogP contribution is 2.40. The Kier molecular flexibility index (Phi) is 5.32. The van der Waals surface area contributed by atoms with Crippen LogP contribution in [0.2, 0.25) is 0 Å². The summed E-state index contributed by atoms with van der Waals surface area (Å²) in [4.78, 5) is 26.3. The lowest BCUT2D eigenvalue weighted by Crippen LogP contribution is -2.28. The first kappa shape index (κ1) is 18.8. The van der Waals surface area contributed by atoms with Gasteiger partial charge in [0.15, 0.2) is 4.32 Å². The molecule has 0 aromatic heterocycles. The Morgan fingerprint density at radius 2 is 1.77 bits per heavy atom. The van der Waals surface area contributed by atoms with Crippen molar-refractivity contribution in [3.05, 3.63) is 68.5 Å². The van der Waals surface area contributed by atoms with Crippen molar-refractivity contribution in [2.24, 2.45) is 0 Å². The lowest BCUT2D eigenvalue weighted by molar-refractivity contribution is -0.113. The minimum atomic E-state index is -1.04. The van der Waals surface area contributed by atoms with Crippen LogP contribution >= 0.6 is 39.9 Å². The number of anilines is 1. The van der Waals surface area contributed by atoms with Gasteiger partial charge in [-0.3, -0.25) is 9.69 Å². The summed E-state index contributed by atoms with van der Waals surface area (Å²) in [5.41, 5.74) is 3.18. The first-order valence-electron chi connectivity index (χ1n) is 7.66. The summed E-state index contributed by atoms with van der Waals surface area (Å²) < 4.78 is 1.36. The second kappa shape index (κ2) is 7.34. The number of nitrogens with zero attached hydrogens (tertiary/aromatic N) is 1. The third-order valence-electron chi connectivity index (χ3n) is 4.08. The van der Waals surface area contributed by atoms with Crippen LogP contribution in [0.5, 0.6) is 0 Å². The van der Waals surface area contributed by atoms with E-state index in [1.54, 1.807) is 6.07 Å². The van der Waals surface area contributed by atoms with Gasteiger partial charge >= 0.3 is 5.97 Å². The van der Waals surface area contributed by atoms with E-state index < -0.39 is 5.97 Å². The molecule has 0 radical (unpaired) electrons. The number of aryl methyl sites for hydroxylation is 1. The number of carboxylic acids is 1. The highest BCUT2D eigenvalue weighted by molar-refractivity contribution is 9.10. The van der Waals surface area contributed by atoms with Gasteiger partial charge in [0, 0.05) is 4.47 Å². The molecule has 26 heavy (non-hydrogen) atoms. The SMILES string of the molecule is C/C(=C1/SC(=S)N(c2cc(C(=O)O)ccc2C)C1=O)c1ccc(Br)cc1. The summed E-state index contributed by atoms with van der Waals surface area (Å²) in [5.74, 6) is -1.27. The van der Waals surface area contributed by atoms with E-state index in [0.29, 0.717) is 14.9 Å². The zero-order chi connectivity index (χ0) is 19.0. The molecule has 7 heteroatoms. The van der Waals surface area contributed by atoms with Crippen molar-refractivity contribution in [1.29, 1.82) is 0 Å². The highest BCUT2D eigenvalue weighted by atomic mass is 79.9. The zero-order valence-corrected chi connectivity index (χ0v) is 17.2. The van der Waals surface area contributed by atoms with Gasteiger partial charge in [-0.1, -0.05) is 58.1 Å². The van der Waals surface area contributed by atoms with Gasteiger partial charge < -0.3 is 5.11 Å². The van der Waals surface area contributed by atoms with Gasteiger partial charge in [-0.05, 0) is 54.8 Å². The summed E-state index contributed by atoms with van der Waals surface area (Å²) in [5, 5.41) is 9.23. The molecule has 1 heterocycles. The van der Waals surface area contributed by atoms with Crippen LogP contribution in [0.4, 0.5) is 5.69 Å². The van der Waals surface area contributed by atoms with E-state index in [1.807, 2.05) is 38.1 Å². The van der Waals surface area contributed by atoms with Crippen molar-refractivity contribution in [1.82, 2.24) is 0 Å². The molecule has 1 N–H and O–H groups in total. The number of thioether (sulfide) groups is 1. The lowest BCUT2D eigenvalue weighted by atomic mass is 10.1. The molecule has 2 aromatic carbocycles. The van der Waals surface area contributed by atoms with Gasteiger partial charge in [0.05, 0.1) is 16.2 Å². The van der Waals surface area contributed by atoms with Crippen LogP contribution in [-0.4, -0.2) is 21.3 Å². The number of halogens is 1. The van der Waals surface area contributed by atoms with E-state index in [0.717, 1.165) is 21.2 Å². The number of carbonyl (C=O) groups excluding carboxylic acids is 1. The van der Waals surface area contributed by atoms with E-state index >= 15 is 0 Å². The van der Waals surface area contributed by atoms with E-state index in [9.17, 15) is 14.7 Å². The lowest BCUT2D eigenvalue weighted by Gasteiger charge is -2.18. The maximum atomic E-state index is 13.0. The van der Waals surface area contributed by atoms with Crippen LogP contribution in [0.15, 0.2) is 51.8 Å². The molecule has 1 aliphatic rings. The predicted molar refractivity (Wildman–Crippen MR) is 113 cm³/mol. The molecule has 1 aliphatic heterocycles. The monoisotopic (exact) mass is 447 g/mol. The van der Waals surface area contributed by atoms with Gasteiger partial charge in [-0.25, -0.2) is 4.79 Å². The maximum absolute atomic E-state index is 13.0. The van der Waals surface area contributed by atoms with E-state index in [2.05, 4.69) is 15.9 Å². The average molecular weight is 448 g/mol. The summed E-state index contributed by atoms with van der Waals surface area (Å²) in [7, 11) is 0. The number of carboxylic acid groups (broad SMARTS) is 1. The number of allylic oxidation sites excluding steroid dienone is 1. The van der Waals surface area contributed by atoms with Crippen LogP contribution in [-0.2, 0) is 4.79 Å². The molecule has 1 amide bonds. The molecule has 1 fully saturated rings. The molecule has 0 aliphatic carbocycles. The first-order valence-corrected chi connectivity index (χ1v) is 9.68. The quantitative estimate of drug-likeness (QED) is 0.514. The van der Waals surface area contributed by atoms with Crippen LogP contribution in [0, 0.1) is 6.92 Å².